The van der Waals surface area contributed by atoms with Gasteiger partial charge in [-0.1, -0.05) is 0 Å². The average Bonchev–Trinajstić information content (AvgIpc) is 3.08. The van der Waals surface area contributed by atoms with Crippen LogP contribution in [0.5, 0.6) is 0 Å². The number of pyridine rings is 1. The molecule has 0 atom stereocenters. The first kappa shape index (κ1) is 19.7. The summed E-state index contributed by atoms with van der Waals surface area (Å²) in [5, 5.41) is 7.73. The number of hydrogen-bond acceptors (Lipinski definition) is 6. The van der Waals surface area contributed by atoms with Crippen molar-refractivity contribution in [2.24, 2.45) is 0 Å². The number of aromatic amines is 1. The molecule has 1 saturated heterocycles. The van der Waals surface area contributed by atoms with E-state index in [2.05, 4.69) is 15.4 Å². The first-order chi connectivity index (χ1) is 13.9. The zero-order valence-corrected chi connectivity index (χ0v) is 17.1. The highest BCUT2D eigenvalue weighted by Crippen LogP contribution is 2.28. The minimum atomic E-state index is -3.34. The van der Waals surface area contributed by atoms with Crippen molar-refractivity contribution in [1.82, 2.24) is 14.8 Å². The van der Waals surface area contributed by atoms with Crippen molar-refractivity contribution in [2.45, 2.75) is 36.8 Å². The third-order valence-corrected chi connectivity index (χ3v) is 7.16. The Morgan fingerprint density at radius 3 is 2.62 bits per heavy atom. The number of rotatable bonds is 5. The van der Waals surface area contributed by atoms with Crippen molar-refractivity contribution in [1.29, 1.82) is 0 Å². The second kappa shape index (κ2) is 7.64. The number of ether oxygens (including phenoxy) is 1. The molecule has 3 aromatic rings. The molecule has 3 heterocycles. The van der Waals surface area contributed by atoms with Crippen LogP contribution in [-0.2, 0) is 14.6 Å². The maximum Gasteiger partial charge on any atom is 0.261 e. The summed E-state index contributed by atoms with van der Waals surface area (Å²) in [5.41, 5.74) is 1.11. The van der Waals surface area contributed by atoms with Crippen LogP contribution in [0, 0.1) is 6.04 Å². The van der Waals surface area contributed by atoms with Crippen molar-refractivity contribution < 1.29 is 13.2 Å². The molecule has 9 heteroatoms. The van der Waals surface area contributed by atoms with Crippen LogP contribution in [-0.4, -0.2) is 41.6 Å². The first-order valence-electron chi connectivity index (χ1n) is 9.52. The normalized spacial score (nSPS) is 15.8. The van der Waals surface area contributed by atoms with Crippen molar-refractivity contribution >= 4 is 32.2 Å². The van der Waals surface area contributed by atoms with Crippen LogP contribution in [0.3, 0.4) is 0 Å². The van der Waals surface area contributed by atoms with Crippen LogP contribution in [0.4, 0.5) is 11.5 Å². The van der Waals surface area contributed by atoms with Crippen LogP contribution in [0.25, 0.3) is 10.9 Å². The minimum absolute atomic E-state index is 0.243. The van der Waals surface area contributed by atoms with Crippen molar-refractivity contribution in [3.63, 3.8) is 0 Å². The van der Waals surface area contributed by atoms with Gasteiger partial charge in [0.2, 0.25) is 0 Å². The van der Waals surface area contributed by atoms with Crippen LogP contribution in [0.15, 0.2) is 46.2 Å². The van der Waals surface area contributed by atoms with Crippen molar-refractivity contribution in [3.05, 3.63) is 52.9 Å². The highest BCUT2D eigenvalue weighted by molar-refractivity contribution is 7.92. The molecule has 0 amide bonds. The molecule has 153 valence electrons. The Morgan fingerprint density at radius 1 is 1.21 bits per heavy atom. The van der Waals surface area contributed by atoms with Crippen molar-refractivity contribution in [2.75, 3.05) is 18.5 Å². The molecule has 1 fully saturated rings. The summed E-state index contributed by atoms with van der Waals surface area (Å²) in [7, 11) is -3.34. The predicted octanol–water partition coefficient (Wildman–Crippen LogP) is 2.84. The molecular weight excluding hydrogens is 392 g/mol. The zero-order chi connectivity index (χ0) is 20.6. The number of H-pyrrole nitrogens is 1. The molecule has 2 aromatic heterocycles. The average molecular weight is 415 g/mol. The molecule has 1 aliphatic heterocycles. The smallest absolute Gasteiger partial charge is 0.261 e. The molecule has 1 aliphatic rings. The second-order valence-corrected chi connectivity index (χ2v) is 9.80. The molecule has 29 heavy (non-hydrogen) atoms. The first-order valence-corrected chi connectivity index (χ1v) is 11.1. The van der Waals surface area contributed by atoms with E-state index < -0.39 is 15.1 Å². The molecular formula is C20H23N4O4S. The van der Waals surface area contributed by atoms with Gasteiger partial charge in [0.25, 0.3) is 5.56 Å². The van der Waals surface area contributed by atoms with E-state index in [1.54, 1.807) is 49.0 Å². The van der Waals surface area contributed by atoms with E-state index in [-0.39, 0.29) is 10.5 Å². The summed E-state index contributed by atoms with van der Waals surface area (Å²) < 4.78 is 31.9. The monoisotopic (exact) mass is 415 g/mol. The molecule has 0 saturated carbocycles. The van der Waals surface area contributed by atoms with Gasteiger partial charge >= 0.3 is 0 Å². The summed E-state index contributed by atoms with van der Waals surface area (Å²) >= 11 is 0. The molecule has 0 aliphatic carbocycles. The van der Waals surface area contributed by atoms with Crippen LogP contribution in [0.2, 0.25) is 0 Å². The lowest BCUT2D eigenvalue weighted by Crippen LogP contribution is -2.23. The van der Waals surface area contributed by atoms with Gasteiger partial charge in [0, 0.05) is 18.5 Å². The Morgan fingerprint density at radius 2 is 1.97 bits per heavy atom. The Kier molecular flexibility index (Phi) is 5.18. The van der Waals surface area contributed by atoms with Gasteiger partial charge in [0.1, 0.15) is 11.4 Å². The van der Waals surface area contributed by atoms with Gasteiger partial charge in [-0.2, -0.15) is 5.10 Å². The van der Waals surface area contributed by atoms with Crippen molar-refractivity contribution in [3.8, 4) is 0 Å². The number of anilines is 2. The van der Waals surface area contributed by atoms with E-state index in [4.69, 9.17) is 4.74 Å². The fraction of sp³-hybridized carbons (Fsp3) is 0.350. The summed E-state index contributed by atoms with van der Waals surface area (Å²) in [5.74, 6) is 0.416. The van der Waals surface area contributed by atoms with E-state index in [0.29, 0.717) is 29.0 Å². The summed E-state index contributed by atoms with van der Waals surface area (Å²) in [4.78, 5) is 15.4. The quantitative estimate of drug-likeness (QED) is 0.664. The highest BCUT2D eigenvalue weighted by atomic mass is 32.2. The largest absolute Gasteiger partial charge is 0.379 e. The number of sulfone groups is 1. The Labute approximate surface area is 168 Å². The third kappa shape index (κ3) is 3.67. The number of aromatic nitrogens is 3. The number of nitrogens with one attached hydrogen (secondary N) is 2. The fourth-order valence-electron chi connectivity index (χ4n) is 3.35. The second-order valence-electron chi connectivity index (χ2n) is 7.29. The SMILES string of the molecule is CC(C)S(=O)(=O)c1ccc(Nc2nn([C]3CCCOC3)c3cc[nH]c(=O)c23)cc1. The molecule has 1 aromatic carbocycles. The number of fused-ring (bicyclic) bond motifs is 1. The van der Waals surface area contributed by atoms with E-state index in [1.807, 2.05) is 6.07 Å². The van der Waals surface area contributed by atoms with Gasteiger partial charge in [-0.3, -0.25) is 9.48 Å². The lowest BCUT2D eigenvalue weighted by Gasteiger charge is -2.21. The summed E-state index contributed by atoms with van der Waals surface area (Å²) in [6.07, 6.45) is 3.36. The number of nitrogens with zero attached hydrogens (tertiary/aromatic N) is 2. The van der Waals surface area contributed by atoms with Gasteiger partial charge in [0.15, 0.2) is 15.7 Å². The standard InChI is InChI=1S/C20H23N4O4S/c1-13(2)29(26,27)16-7-5-14(6-8-16)22-19-18-17(9-10-21-20(18)25)24(23-19)15-4-3-11-28-12-15/h5-10,13H,3-4,11-12H2,1-2H3,(H,21,25)(H,22,23). The highest BCUT2D eigenvalue weighted by Gasteiger charge is 2.23. The van der Waals surface area contributed by atoms with E-state index in [0.717, 1.165) is 25.5 Å². The lowest BCUT2D eigenvalue weighted by atomic mass is 10.1. The summed E-state index contributed by atoms with van der Waals surface area (Å²) in [6, 6.07) is 9.28. The Balaban J connectivity index is 1.70. The summed E-state index contributed by atoms with van der Waals surface area (Å²) in [6.45, 7) is 4.50. The maximum atomic E-state index is 12.5. The molecule has 0 unspecified atom stereocenters. The van der Waals surface area contributed by atoms with Gasteiger partial charge in [-0.05, 0) is 57.0 Å². The van der Waals surface area contributed by atoms with Crippen LogP contribution in [0.1, 0.15) is 26.7 Å². The number of hydrogen-bond donors (Lipinski definition) is 2. The minimum Gasteiger partial charge on any atom is -0.379 e. The molecule has 4 rings (SSSR count). The topological polar surface area (TPSA) is 106 Å². The Bertz CT molecular complexity index is 1170. The van der Waals surface area contributed by atoms with Gasteiger partial charge in [0.05, 0.1) is 22.3 Å². The van der Waals surface area contributed by atoms with Gasteiger partial charge in [-0.15, -0.1) is 0 Å². The molecule has 1 radical (unpaired) electrons. The third-order valence-electron chi connectivity index (χ3n) is 4.99. The van der Waals surface area contributed by atoms with Crippen LogP contribution < -0.4 is 10.9 Å². The molecule has 0 bridgehead atoms. The molecule has 2 N–H and O–H groups in total. The number of benzene rings is 1. The van der Waals surface area contributed by atoms with Crippen LogP contribution >= 0.6 is 0 Å². The van der Waals surface area contributed by atoms with Gasteiger partial charge < -0.3 is 15.0 Å². The molecule has 8 nitrogen and oxygen atoms in total. The molecule has 0 spiro atoms. The van der Waals surface area contributed by atoms with Gasteiger partial charge in [-0.25, -0.2) is 8.42 Å². The lowest BCUT2D eigenvalue weighted by molar-refractivity contribution is 0.103. The van der Waals surface area contributed by atoms with E-state index >= 15 is 0 Å². The van der Waals surface area contributed by atoms with E-state index in [1.165, 1.54) is 0 Å². The maximum absolute atomic E-state index is 12.5. The van der Waals surface area contributed by atoms with E-state index in [9.17, 15) is 13.2 Å². The predicted molar refractivity (Wildman–Crippen MR) is 111 cm³/mol. The zero-order valence-electron chi connectivity index (χ0n) is 16.3. The Hall–Kier alpha value is -2.65. The fourth-order valence-corrected chi connectivity index (χ4v) is 4.41.